The molecule has 1 heterocycles. The zero-order valence-corrected chi connectivity index (χ0v) is 15.9. The standard InChI is InChI=1S/C20H32N2O2/c1-15(16-10-8-7-9-11-16)21-17-12-13-22(14-20(17,5)6)18(23)24-19(2,3)4/h7-11,15,17,21H,12-14H2,1-6H3/t15-,17-/m1/s1. The fourth-order valence-corrected chi connectivity index (χ4v) is 3.29. The predicted octanol–water partition coefficient (Wildman–Crippen LogP) is 4.37. The van der Waals surface area contributed by atoms with Crippen molar-refractivity contribution in [2.75, 3.05) is 13.1 Å². The number of benzene rings is 1. The molecule has 0 aromatic heterocycles. The summed E-state index contributed by atoms with van der Waals surface area (Å²) in [6.07, 6.45) is 0.730. The van der Waals surface area contributed by atoms with Gasteiger partial charge in [-0.25, -0.2) is 4.79 Å². The van der Waals surface area contributed by atoms with Crippen LogP contribution in [-0.4, -0.2) is 35.7 Å². The van der Waals surface area contributed by atoms with Gasteiger partial charge in [-0.2, -0.15) is 0 Å². The van der Waals surface area contributed by atoms with Gasteiger partial charge >= 0.3 is 6.09 Å². The molecule has 24 heavy (non-hydrogen) atoms. The number of nitrogens with zero attached hydrogens (tertiary/aromatic N) is 1. The van der Waals surface area contributed by atoms with Crippen LogP contribution in [0.4, 0.5) is 4.79 Å². The van der Waals surface area contributed by atoms with Gasteiger partial charge in [-0.15, -0.1) is 0 Å². The minimum Gasteiger partial charge on any atom is -0.444 e. The van der Waals surface area contributed by atoms with Crippen LogP contribution in [0, 0.1) is 5.41 Å². The van der Waals surface area contributed by atoms with E-state index in [4.69, 9.17) is 4.74 Å². The quantitative estimate of drug-likeness (QED) is 0.893. The molecule has 2 rings (SSSR count). The largest absolute Gasteiger partial charge is 0.444 e. The molecular formula is C20H32N2O2. The molecule has 0 spiro atoms. The fourth-order valence-electron chi connectivity index (χ4n) is 3.29. The maximum atomic E-state index is 12.3. The van der Waals surface area contributed by atoms with E-state index in [2.05, 4.69) is 50.4 Å². The van der Waals surface area contributed by atoms with Crippen LogP contribution in [0.3, 0.4) is 0 Å². The molecule has 0 saturated carbocycles. The molecule has 1 fully saturated rings. The highest BCUT2D eigenvalue weighted by molar-refractivity contribution is 5.68. The van der Waals surface area contributed by atoms with Crippen molar-refractivity contribution in [1.29, 1.82) is 0 Å². The SMILES string of the molecule is C[C@@H](N[C@@H]1CCN(C(=O)OC(C)(C)C)CC1(C)C)c1ccccc1. The van der Waals surface area contributed by atoms with Crippen LogP contribution < -0.4 is 5.32 Å². The van der Waals surface area contributed by atoms with Gasteiger partial charge in [0.2, 0.25) is 0 Å². The van der Waals surface area contributed by atoms with Crippen LogP contribution >= 0.6 is 0 Å². The Morgan fingerprint density at radius 1 is 1.29 bits per heavy atom. The van der Waals surface area contributed by atoms with E-state index in [1.165, 1.54) is 5.56 Å². The van der Waals surface area contributed by atoms with Crippen molar-refractivity contribution in [1.82, 2.24) is 10.2 Å². The molecule has 1 N–H and O–H groups in total. The van der Waals surface area contributed by atoms with E-state index in [1.54, 1.807) is 0 Å². The summed E-state index contributed by atoms with van der Waals surface area (Å²) in [6.45, 7) is 13.8. The molecular weight excluding hydrogens is 300 g/mol. The number of hydrogen-bond acceptors (Lipinski definition) is 3. The monoisotopic (exact) mass is 332 g/mol. The molecule has 2 atom stereocenters. The van der Waals surface area contributed by atoms with Crippen LogP contribution in [0.1, 0.15) is 59.6 Å². The molecule has 1 aliphatic rings. The molecule has 0 unspecified atom stereocenters. The Kier molecular flexibility index (Phi) is 5.59. The van der Waals surface area contributed by atoms with Gasteiger partial charge in [0.05, 0.1) is 0 Å². The van der Waals surface area contributed by atoms with E-state index in [0.717, 1.165) is 13.0 Å². The number of rotatable bonds is 3. The number of piperidine rings is 1. The minimum absolute atomic E-state index is 0.00179. The van der Waals surface area contributed by atoms with E-state index in [0.29, 0.717) is 18.6 Å². The predicted molar refractivity (Wildman–Crippen MR) is 98.0 cm³/mol. The van der Waals surface area contributed by atoms with Crippen LogP contribution in [-0.2, 0) is 4.74 Å². The van der Waals surface area contributed by atoms with E-state index < -0.39 is 5.60 Å². The maximum Gasteiger partial charge on any atom is 0.410 e. The van der Waals surface area contributed by atoms with Gasteiger partial charge in [0.15, 0.2) is 0 Å². The third kappa shape index (κ3) is 4.97. The smallest absolute Gasteiger partial charge is 0.410 e. The second-order valence-corrected chi connectivity index (χ2v) is 8.53. The van der Waals surface area contributed by atoms with E-state index in [-0.39, 0.29) is 11.5 Å². The first-order valence-electron chi connectivity index (χ1n) is 8.87. The lowest BCUT2D eigenvalue weighted by atomic mass is 9.78. The van der Waals surface area contributed by atoms with Crippen LogP contribution in [0.2, 0.25) is 0 Å². The summed E-state index contributed by atoms with van der Waals surface area (Å²) in [7, 11) is 0. The lowest BCUT2D eigenvalue weighted by Gasteiger charge is -2.45. The van der Waals surface area contributed by atoms with Crippen molar-refractivity contribution >= 4 is 6.09 Å². The molecule has 0 bridgehead atoms. The number of likely N-dealkylation sites (tertiary alicyclic amines) is 1. The fraction of sp³-hybridized carbons (Fsp3) is 0.650. The Morgan fingerprint density at radius 2 is 1.92 bits per heavy atom. The molecule has 4 nitrogen and oxygen atoms in total. The van der Waals surface area contributed by atoms with Crippen LogP contribution in [0.15, 0.2) is 30.3 Å². The second-order valence-electron chi connectivity index (χ2n) is 8.53. The Balaban J connectivity index is 1.97. The van der Waals surface area contributed by atoms with E-state index in [1.807, 2.05) is 31.7 Å². The maximum absolute atomic E-state index is 12.3. The number of ether oxygens (including phenoxy) is 1. The molecule has 1 saturated heterocycles. The Bertz CT molecular complexity index is 549. The van der Waals surface area contributed by atoms with Gasteiger partial charge in [-0.3, -0.25) is 0 Å². The van der Waals surface area contributed by atoms with E-state index >= 15 is 0 Å². The number of amides is 1. The third-order valence-corrected chi connectivity index (χ3v) is 4.63. The average molecular weight is 332 g/mol. The number of hydrogen-bond donors (Lipinski definition) is 1. The molecule has 1 aliphatic heterocycles. The first-order chi connectivity index (χ1) is 11.1. The minimum atomic E-state index is -0.446. The Hall–Kier alpha value is -1.55. The van der Waals surface area contributed by atoms with Gasteiger partial charge in [-0.1, -0.05) is 44.2 Å². The van der Waals surface area contributed by atoms with Crippen molar-refractivity contribution < 1.29 is 9.53 Å². The van der Waals surface area contributed by atoms with Crippen molar-refractivity contribution in [3.8, 4) is 0 Å². The number of nitrogens with one attached hydrogen (secondary N) is 1. The second kappa shape index (κ2) is 7.14. The highest BCUT2D eigenvalue weighted by Crippen LogP contribution is 2.32. The summed E-state index contributed by atoms with van der Waals surface area (Å²) in [5.74, 6) is 0. The normalized spacial score (nSPS) is 22.1. The van der Waals surface area contributed by atoms with Gasteiger partial charge in [0.25, 0.3) is 0 Å². The molecule has 1 amide bonds. The lowest BCUT2D eigenvalue weighted by Crippen LogP contribution is -2.56. The highest BCUT2D eigenvalue weighted by atomic mass is 16.6. The molecule has 1 aromatic carbocycles. The van der Waals surface area contributed by atoms with Gasteiger partial charge in [-0.05, 0) is 45.1 Å². The van der Waals surface area contributed by atoms with Gasteiger partial charge < -0.3 is 15.0 Å². The van der Waals surface area contributed by atoms with Crippen molar-refractivity contribution in [3.63, 3.8) is 0 Å². The van der Waals surface area contributed by atoms with Crippen molar-refractivity contribution in [2.45, 2.75) is 65.6 Å². The van der Waals surface area contributed by atoms with Crippen LogP contribution in [0.25, 0.3) is 0 Å². The average Bonchev–Trinajstić information content (AvgIpc) is 2.48. The van der Waals surface area contributed by atoms with Crippen molar-refractivity contribution in [2.24, 2.45) is 5.41 Å². The molecule has 4 heteroatoms. The zero-order chi connectivity index (χ0) is 18.0. The number of carbonyl (C=O) groups is 1. The first kappa shape index (κ1) is 18.8. The molecule has 134 valence electrons. The molecule has 1 aromatic rings. The summed E-state index contributed by atoms with van der Waals surface area (Å²) in [6, 6.07) is 11.2. The zero-order valence-electron chi connectivity index (χ0n) is 15.9. The summed E-state index contributed by atoms with van der Waals surface area (Å²) in [4.78, 5) is 14.2. The van der Waals surface area contributed by atoms with Crippen molar-refractivity contribution in [3.05, 3.63) is 35.9 Å². The highest BCUT2D eigenvalue weighted by Gasteiger charge is 2.39. The summed E-state index contributed by atoms with van der Waals surface area (Å²) < 4.78 is 5.52. The van der Waals surface area contributed by atoms with Gasteiger partial charge in [0.1, 0.15) is 5.60 Å². The third-order valence-electron chi connectivity index (χ3n) is 4.63. The molecule has 0 radical (unpaired) electrons. The van der Waals surface area contributed by atoms with Crippen LogP contribution in [0.5, 0.6) is 0 Å². The lowest BCUT2D eigenvalue weighted by molar-refractivity contribution is 0.00132. The first-order valence-corrected chi connectivity index (χ1v) is 8.87. The summed E-state index contributed by atoms with van der Waals surface area (Å²) in [5, 5.41) is 3.75. The Labute approximate surface area is 146 Å². The Morgan fingerprint density at radius 3 is 2.46 bits per heavy atom. The number of carbonyl (C=O) groups excluding carboxylic acids is 1. The van der Waals surface area contributed by atoms with E-state index in [9.17, 15) is 4.79 Å². The van der Waals surface area contributed by atoms with Gasteiger partial charge in [0, 0.05) is 25.2 Å². The topological polar surface area (TPSA) is 41.6 Å². The molecule has 0 aliphatic carbocycles. The summed E-state index contributed by atoms with van der Waals surface area (Å²) in [5.41, 5.74) is 0.846. The summed E-state index contributed by atoms with van der Waals surface area (Å²) >= 11 is 0.